The third kappa shape index (κ3) is 4.47. The van der Waals surface area contributed by atoms with Gasteiger partial charge in [0.25, 0.3) is 0 Å². The Morgan fingerprint density at radius 3 is 2.54 bits per heavy atom. The number of nitrogens with one attached hydrogen (secondary N) is 1. The monoisotopic (exact) mass is 373 g/mol. The fourth-order valence-corrected chi connectivity index (χ4v) is 3.76. The van der Waals surface area contributed by atoms with Gasteiger partial charge in [0.15, 0.2) is 5.82 Å². The van der Waals surface area contributed by atoms with Crippen LogP contribution in [0.25, 0.3) is 0 Å². The Kier molecular flexibility index (Phi) is 5.51. The molecule has 28 heavy (non-hydrogen) atoms. The van der Waals surface area contributed by atoms with Crippen molar-refractivity contribution in [2.75, 3.05) is 23.3 Å². The summed E-state index contributed by atoms with van der Waals surface area (Å²) in [6, 6.07) is 17.1. The van der Waals surface area contributed by atoms with Crippen molar-refractivity contribution >= 4 is 17.5 Å². The Labute approximate surface area is 166 Å². The SMILES string of the molecule is Cc1ccc(Nc2nncc(N3CCC(Cc4ccccc4)CC3)n2)cc1C. The van der Waals surface area contributed by atoms with Crippen molar-refractivity contribution in [3.8, 4) is 0 Å². The van der Waals surface area contributed by atoms with E-state index in [1.165, 1.54) is 29.5 Å². The number of hydrogen-bond acceptors (Lipinski definition) is 5. The molecule has 0 atom stereocenters. The van der Waals surface area contributed by atoms with E-state index in [0.717, 1.165) is 36.9 Å². The number of aryl methyl sites for hydroxylation is 2. The number of anilines is 3. The van der Waals surface area contributed by atoms with Crippen molar-refractivity contribution in [1.82, 2.24) is 15.2 Å². The van der Waals surface area contributed by atoms with E-state index < -0.39 is 0 Å². The summed E-state index contributed by atoms with van der Waals surface area (Å²) < 4.78 is 0. The predicted molar refractivity (Wildman–Crippen MR) is 114 cm³/mol. The largest absolute Gasteiger partial charge is 0.355 e. The Morgan fingerprint density at radius 1 is 1.00 bits per heavy atom. The summed E-state index contributed by atoms with van der Waals surface area (Å²) in [4.78, 5) is 7.02. The van der Waals surface area contributed by atoms with Crippen LogP contribution in [0.5, 0.6) is 0 Å². The zero-order valence-corrected chi connectivity index (χ0v) is 16.6. The average molecular weight is 374 g/mol. The number of benzene rings is 2. The van der Waals surface area contributed by atoms with Crippen molar-refractivity contribution in [1.29, 1.82) is 0 Å². The van der Waals surface area contributed by atoms with Crippen LogP contribution in [0, 0.1) is 19.8 Å². The van der Waals surface area contributed by atoms with Crippen LogP contribution in [0.1, 0.15) is 29.5 Å². The molecular formula is C23H27N5. The van der Waals surface area contributed by atoms with Gasteiger partial charge in [-0.3, -0.25) is 0 Å². The minimum Gasteiger partial charge on any atom is -0.355 e. The fourth-order valence-electron chi connectivity index (χ4n) is 3.76. The average Bonchev–Trinajstić information content (AvgIpc) is 2.72. The molecule has 1 aliphatic heterocycles. The zero-order valence-electron chi connectivity index (χ0n) is 16.6. The molecule has 0 saturated carbocycles. The topological polar surface area (TPSA) is 53.9 Å². The minimum absolute atomic E-state index is 0.548. The fraction of sp³-hybridized carbons (Fsp3) is 0.348. The highest BCUT2D eigenvalue weighted by Gasteiger charge is 2.21. The van der Waals surface area contributed by atoms with Crippen LogP contribution in [-0.2, 0) is 6.42 Å². The number of nitrogens with zero attached hydrogens (tertiary/aromatic N) is 4. The van der Waals surface area contributed by atoms with Gasteiger partial charge in [-0.05, 0) is 67.9 Å². The van der Waals surface area contributed by atoms with E-state index in [9.17, 15) is 0 Å². The number of piperidine rings is 1. The lowest BCUT2D eigenvalue weighted by atomic mass is 9.90. The molecule has 2 aromatic carbocycles. The molecule has 0 amide bonds. The molecule has 5 nitrogen and oxygen atoms in total. The van der Waals surface area contributed by atoms with Crippen molar-refractivity contribution in [3.63, 3.8) is 0 Å². The van der Waals surface area contributed by atoms with Crippen molar-refractivity contribution in [2.45, 2.75) is 33.1 Å². The van der Waals surface area contributed by atoms with Gasteiger partial charge in [0.05, 0.1) is 6.20 Å². The maximum atomic E-state index is 4.69. The summed E-state index contributed by atoms with van der Waals surface area (Å²) in [5, 5.41) is 11.6. The second kappa shape index (κ2) is 8.38. The third-order valence-electron chi connectivity index (χ3n) is 5.61. The molecule has 1 aromatic heterocycles. The third-order valence-corrected chi connectivity index (χ3v) is 5.61. The van der Waals surface area contributed by atoms with Crippen LogP contribution < -0.4 is 10.2 Å². The number of aromatic nitrogens is 3. The number of hydrogen-bond donors (Lipinski definition) is 1. The summed E-state index contributed by atoms with van der Waals surface area (Å²) in [6.07, 6.45) is 5.29. The second-order valence-electron chi connectivity index (χ2n) is 7.68. The normalized spacial score (nSPS) is 14.9. The lowest BCUT2D eigenvalue weighted by Crippen LogP contribution is -2.35. The van der Waals surface area contributed by atoms with Crippen LogP contribution in [0.4, 0.5) is 17.5 Å². The first kappa shape index (κ1) is 18.4. The summed E-state index contributed by atoms with van der Waals surface area (Å²) in [7, 11) is 0. The van der Waals surface area contributed by atoms with E-state index in [1.807, 2.05) is 6.07 Å². The van der Waals surface area contributed by atoms with Gasteiger partial charge in [0.1, 0.15) is 0 Å². The molecule has 1 aliphatic rings. The lowest BCUT2D eigenvalue weighted by Gasteiger charge is -2.32. The Bertz CT molecular complexity index is 917. The van der Waals surface area contributed by atoms with Gasteiger partial charge < -0.3 is 10.2 Å². The second-order valence-corrected chi connectivity index (χ2v) is 7.68. The molecule has 3 aromatic rings. The maximum Gasteiger partial charge on any atom is 0.249 e. The highest BCUT2D eigenvalue weighted by atomic mass is 15.3. The minimum atomic E-state index is 0.548. The quantitative estimate of drug-likeness (QED) is 0.703. The summed E-state index contributed by atoms with van der Waals surface area (Å²) in [6.45, 7) is 6.24. The van der Waals surface area contributed by atoms with E-state index in [4.69, 9.17) is 4.98 Å². The number of rotatable bonds is 5. The van der Waals surface area contributed by atoms with Gasteiger partial charge in [-0.15, -0.1) is 5.10 Å². The zero-order chi connectivity index (χ0) is 19.3. The molecule has 1 saturated heterocycles. The first-order valence-corrected chi connectivity index (χ1v) is 10.0. The van der Waals surface area contributed by atoms with Gasteiger partial charge in [-0.2, -0.15) is 10.1 Å². The van der Waals surface area contributed by atoms with Crippen molar-refractivity contribution < 1.29 is 0 Å². The molecule has 0 aliphatic carbocycles. The summed E-state index contributed by atoms with van der Waals surface area (Å²) in [5.74, 6) is 2.19. The van der Waals surface area contributed by atoms with Crippen LogP contribution >= 0.6 is 0 Å². The van der Waals surface area contributed by atoms with Crippen molar-refractivity contribution in [3.05, 3.63) is 71.4 Å². The van der Waals surface area contributed by atoms with Gasteiger partial charge >= 0.3 is 0 Å². The van der Waals surface area contributed by atoms with E-state index in [0.29, 0.717) is 5.95 Å². The molecule has 0 bridgehead atoms. The molecule has 0 unspecified atom stereocenters. The highest BCUT2D eigenvalue weighted by molar-refractivity contribution is 5.56. The summed E-state index contributed by atoms with van der Waals surface area (Å²) >= 11 is 0. The molecule has 2 heterocycles. The van der Waals surface area contributed by atoms with E-state index in [-0.39, 0.29) is 0 Å². The Morgan fingerprint density at radius 2 is 1.79 bits per heavy atom. The summed E-state index contributed by atoms with van der Waals surface area (Å²) in [5.41, 5.74) is 4.94. The maximum absolute atomic E-state index is 4.69. The lowest BCUT2D eigenvalue weighted by molar-refractivity contribution is 0.402. The Hall–Kier alpha value is -2.95. The van der Waals surface area contributed by atoms with Gasteiger partial charge in [-0.1, -0.05) is 36.4 Å². The molecule has 1 fully saturated rings. The van der Waals surface area contributed by atoms with E-state index in [2.05, 4.69) is 76.7 Å². The standard InChI is InChI=1S/C23H27N5/c1-17-8-9-21(14-18(17)2)25-23-26-22(16-24-27-23)28-12-10-20(11-13-28)15-19-6-4-3-5-7-19/h3-9,14,16,20H,10-13,15H2,1-2H3,(H,25,26,27). The van der Waals surface area contributed by atoms with Gasteiger partial charge in [0, 0.05) is 18.8 Å². The molecule has 1 N–H and O–H groups in total. The highest BCUT2D eigenvalue weighted by Crippen LogP contribution is 2.25. The van der Waals surface area contributed by atoms with E-state index >= 15 is 0 Å². The predicted octanol–water partition coefficient (Wildman–Crippen LogP) is 4.69. The molecule has 0 spiro atoms. The van der Waals surface area contributed by atoms with Crippen LogP contribution in [0.2, 0.25) is 0 Å². The molecule has 4 rings (SSSR count). The molecule has 0 radical (unpaired) electrons. The van der Waals surface area contributed by atoms with Crippen LogP contribution in [-0.4, -0.2) is 28.3 Å². The van der Waals surface area contributed by atoms with Crippen LogP contribution in [0.3, 0.4) is 0 Å². The first-order valence-electron chi connectivity index (χ1n) is 10.0. The van der Waals surface area contributed by atoms with Crippen LogP contribution in [0.15, 0.2) is 54.7 Å². The molecule has 5 heteroatoms. The molecule has 144 valence electrons. The first-order chi connectivity index (χ1) is 13.7. The smallest absolute Gasteiger partial charge is 0.249 e. The van der Waals surface area contributed by atoms with Crippen molar-refractivity contribution in [2.24, 2.45) is 5.92 Å². The van der Waals surface area contributed by atoms with Gasteiger partial charge in [-0.25, -0.2) is 0 Å². The van der Waals surface area contributed by atoms with Gasteiger partial charge in [0.2, 0.25) is 5.95 Å². The Balaban J connectivity index is 1.37. The molecular weight excluding hydrogens is 346 g/mol. The van der Waals surface area contributed by atoms with E-state index in [1.54, 1.807) is 6.20 Å².